The minimum atomic E-state index is -0.193. The maximum Gasteiger partial charge on any atom is 0.131 e. The average Bonchev–Trinajstić information content (AvgIpc) is 2.89. The second kappa shape index (κ2) is 12.8. The van der Waals surface area contributed by atoms with Gasteiger partial charge < -0.3 is 5.32 Å². The van der Waals surface area contributed by atoms with E-state index in [1.165, 1.54) is 21.2 Å². The fourth-order valence-electron chi connectivity index (χ4n) is 4.82. The molecule has 198 valence electrons. The molecule has 4 aromatic rings. The monoisotopic (exact) mass is 526 g/mol. The van der Waals surface area contributed by atoms with E-state index >= 15 is 0 Å². The lowest BCUT2D eigenvalue weighted by Crippen LogP contribution is -2.44. The van der Waals surface area contributed by atoms with Crippen LogP contribution in [-0.4, -0.2) is 30.0 Å². The van der Waals surface area contributed by atoms with Gasteiger partial charge in [0.15, 0.2) is 0 Å². The number of benzene rings is 4. The molecule has 0 aliphatic carbocycles. The maximum absolute atomic E-state index is 14.3. The van der Waals surface area contributed by atoms with Gasteiger partial charge >= 0.3 is 0 Å². The van der Waals surface area contributed by atoms with Crippen LogP contribution in [0.15, 0.2) is 95.9 Å². The molecule has 4 aromatic carbocycles. The first-order valence-corrected chi connectivity index (χ1v) is 14.1. The van der Waals surface area contributed by atoms with Gasteiger partial charge in [0.05, 0.1) is 0 Å². The molecule has 0 amide bonds. The molecule has 2 nitrogen and oxygen atoms in total. The van der Waals surface area contributed by atoms with Crippen molar-refractivity contribution >= 4 is 28.8 Å². The van der Waals surface area contributed by atoms with Crippen molar-refractivity contribution in [3.05, 3.63) is 108 Å². The Morgan fingerprint density at radius 1 is 0.921 bits per heavy atom. The smallest absolute Gasteiger partial charge is 0.131 e. The zero-order chi connectivity index (χ0) is 27.1. The van der Waals surface area contributed by atoms with Gasteiger partial charge in [0.2, 0.25) is 0 Å². The maximum atomic E-state index is 14.3. The molecule has 4 rings (SSSR count). The van der Waals surface area contributed by atoms with Crippen LogP contribution in [-0.2, 0) is 6.42 Å². The van der Waals surface area contributed by atoms with Crippen LogP contribution in [0.5, 0.6) is 0 Å². The molecule has 0 aromatic heterocycles. The SMILES string of the molecule is C/C=C/c1ccc(-c2ccc(SN(C)CC(C)CNC(C)(C)Cc3ccc4ccccc4c3)cc2)cc1F. The number of hydrogen-bond acceptors (Lipinski definition) is 3. The Bertz CT molecular complexity index is 1380. The zero-order valence-electron chi connectivity index (χ0n) is 23.2. The van der Waals surface area contributed by atoms with Crippen LogP contribution in [0.4, 0.5) is 4.39 Å². The summed E-state index contributed by atoms with van der Waals surface area (Å²) in [5, 5.41) is 6.39. The number of fused-ring (bicyclic) bond motifs is 1. The Labute approximate surface area is 232 Å². The van der Waals surface area contributed by atoms with Crippen molar-refractivity contribution in [3.8, 4) is 11.1 Å². The fourth-order valence-corrected chi connectivity index (χ4v) is 5.77. The van der Waals surface area contributed by atoms with E-state index in [1.807, 2.05) is 25.1 Å². The number of nitrogens with one attached hydrogen (secondary N) is 1. The van der Waals surface area contributed by atoms with Crippen molar-refractivity contribution in [2.75, 3.05) is 20.1 Å². The Hall–Kier alpha value is -2.92. The largest absolute Gasteiger partial charge is 0.311 e. The molecule has 0 saturated carbocycles. The summed E-state index contributed by atoms with van der Waals surface area (Å²) < 4.78 is 16.6. The Balaban J connectivity index is 1.26. The van der Waals surface area contributed by atoms with Gasteiger partial charge in [-0.05, 0) is 104 Å². The van der Waals surface area contributed by atoms with Gasteiger partial charge in [-0.15, -0.1) is 0 Å². The van der Waals surface area contributed by atoms with Crippen molar-refractivity contribution in [2.45, 2.75) is 44.6 Å². The van der Waals surface area contributed by atoms with Crippen molar-refractivity contribution in [3.63, 3.8) is 0 Å². The summed E-state index contributed by atoms with van der Waals surface area (Å²) in [6.07, 6.45) is 4.63. The summed E-state index contributed by atoms with van der Waals surface area (Å²) in [6, 6.07) is 29.1. The lowest BCUT2D eigenvalue weighted by molar-refractivity contribution is 0.332. The summed E-state index contributed by atoms with van der Waals surface area (Å²) in [7, 11) is 2.14. The minimum absolute atomic E-state index is 0.0166. The van der Waals surface area contributed by atoms with Crippen LogP contribution < -0.4 is 5.32 Å². The van der Waals surface area contributed by atoms with Crippen LogP contribution in [0.3, 0.4) is 0 Å². The van der Waals surface area contributed by atoms with Gasteiger partial charge in [0, 0.05) is 22.5 Å². The summed E-state index contributed by atoms with van der Waals surface area (Å²) in [5.74, 6) is 0.308. The molecule has 38 heavy (non-hydrogen) atoms. The van der Waals surface area contributed by atoms with Gasteiger partial charge in [-0.3, -0.25) is 0 Å². The number of halogens is 1. The van der Waals surface area contributed by atoms with Gasteiger partial charge in [-0.2, -0.15) is 0 Å². The molecular formula is C34H39FN2S. The highest BCUT2D eigenvalue weighted by molar-refractivity contribution is 7.97. The highest BCUT2D eigenvalue weighted by Crippen LogP contribution is 2.28. The van der Waals surface area contributed by atoms with E-state index in [0.29, 0.717) is 11.5 Å². The lowest BCUT2D eigenvalue weighted by atomic mass is 9.93. The Morgan fingerprint density at radius 3 is 2.34 bits per heavy atom. The van der Waals surface area contributed by atoms with Crippen LogP contribution >= 0.6 is 11.9 Å². The summed E-state index contributed by atoms with van der Waals surface area (Å²) in [5.41, 5.74) is 3.91. The molecule has 1 unspecified atom stereocenters. The molecule has 0 heterocycles. The van der Waals surface area contributed by atoms with Crippen LogP contribution in [0.25, 0.3) is 28.0 Å². The highest BCUT2D eigenvalue weighted by atomic mass is 32.2. The first kappa shape index (κ1) is 28.1. The van der Waals surface area contributed by atoms with E-state index in [0.717, 1.165) is 30.6 Å². The van der Waals surface area contributed by atoms with Gasteiger partial charge in [0.25, 0.3) is 0 Å². The second-order valence-corrected chi connectivity index (χ2v) is 12.2. The van der Waals surface area contributed by atoms with Crippen LogP contribution in [0.1, 0.15) is 38.8 Å². The molecule has 0 bridgehead atoms. The lowest BCUT2D eigenvalue weighted by Gasteiger charge is -2.29. The first-order valence-electron chi connectivity index (χ1n) is 13.4. The van der Waals surface area contributed by atoms with E-state index in [2.05, 4.69) is 104 Å². The molecule has 0 radical (unpaired) electrons. The van der Waals surface area contributed by atoms with Crippen LogP contribution in [0, 0.1) is 11.7 Å². The summed E-state index contributed by atoms with van der Waals surface area (Å²) in [4.78, 5) is 1.18. The fraction of sp³-hybridized carbons (Fsp3) is 0.294. The van der Waals surface area contributed by atoms with E-state index in [1.54, 1.807) is 24.1 Å². The normalized spacial score (nSPS) is 13.0. The third-order valence-electron chi connectivity index (χ3n) is 6.75. The topological polar surface area (TPSA) is 15.3 Å². The second-order valence-electron chi connectivity index (χ2n) is 10.9. The first-order chi connectivity index (χ1) is 18.2. The van der Waals surface area contributed by atoms with Crippen LogP contribution in [0.2, 0.25) is 0 Å². The van der Waals surface area contributed by atoms with Gasteiger partial charge in [-0.25, -0.2) is 8.70 Å². The van der Waals surface area contributed by atoms with Crippen molar-refractivity contribution < 1.29 is 4.39 Å². The molecule has 4 heteroatoms. The average molecular weight is 527 g/mol. The highest BCUT2D eigenvalue weighted by Gasteiger charge is 2.19. The third kappa shape index (κ3) is 7.80. The molecule has 0 fully saturated rings. The number of hydrogen-bond donors (Lipinski definition) is 1. The molecule has 0 aliphatic heterocycles. The van der Waals surface area contributed by atoms with E-state index < -0.39 is 0 Å². The summed E-state index contributed by atoms with van der Waals surface area (Å²) >= 11 is 1.75. The predicted molar refractivity (Wildman–Crippen MR) is 164 cm³/mol. The number of nitrogens with zero attached hydrogens (tertiary/aromatic N) is 1. The van der Waals surface area contributed by atoms with Crippen molar-refractivity contribution in [1.82, 2.24) is 9.62 Å². The standard InChI is InChI=1S/C34H39FN2S/c1-6-9-29-14-15-31(21-33(29)35)28-16-18-32(19-17-28)38-37(5)24-25(2)23-36-34(3,4)22-26-12-13-27-10-7-8-11-30(27)20-26/h6-21,25,36H,22-24H2,1-5H3/b9-6+. The minimum Gasteiger partial charge on any atom is -0.311 e. The molecule has 1 atom stereocenters. The molecule has 0 aliphatic rings. The molecule has 0 spiro atoms. The predicted octanol–water partition coefficient (Wildman–Crippen LogP) is 8.86. The van der Waals surface area contributed by atoms with E-state index in [9.17, 15) is 4.39 Å². The summed E-state index contributed by atoms with van der Waals surface area (Å²) in [6.45, 7) is 10.7. The van der Waals surface area contributed by atoms with Crippen molar-refractivity contribution in [2.24, 2.45) is 5.92 Å². The van der Waals surface area contributed by atoms with E-state index in [-0.39, 0.29) is 11.4 Å². The zero-order valence-corrected chi connectivity index (χ0v) is 24.0. The van der Waals surface area contributed by atoms with Gasteiger partial charge in [-0.1, -0.05) is 85.8 Å². The molecule has 0 saturated heterocycles. The number of allylic oxidation sites excluding steroid dienone is 1. The van der Waals surface area contributed by atoms with Crippen molar-refractivity contribution in [1.29, 1.82) is 0 Å². The van der Waals surface area contributed by atoms with Gasteiger partial charge in [0.1, 0.15) is 5.82 Å². The molecular weight excluding hydrogens is 487 g/mol. The molecule has 1 N–H and O–H groups in total. The number of rotatable bonds is 11. The Morgan fingerprint density at radius 2 is 1.63 bits per heavy atom. The third-order valence-corrected chi connectivity index (χ3v) is 7.70. The Kier molecular flexibility index (Phi) is 9.43. The quantitative estimate of drug-likeness (QED) is 0.197. The van der Waals surface area contributed by atoms with E-state index in [4.69, 9.17) is 0 Å².